The molecule has 2 rings (SSSR count). The monoisotopic (exact) mass is 376 g/mol. The number of aromatic nitrogens is 3. The van der Waals surface area contributed by atoms with Crippen molar-refractivity contribution in [3.05, 3.63) is 44.7 Å². The molecule has 1 N–H and O–H groups in total. The SMILES string of the molecule is O=C(NCCn1ccnn1)c1cc(Cl)ccc1I. The van der Waals surface area contributed by atoms with E-state index in [1.165, 1.54) is 0 Å². The molecule has 0 spiro atoms. The van der Waals surface area contributed by atoms with Crippen LogP contribution in [0.25, 0.3) is 0 Å². The van der Waals surface area contributed by atoms with Crippen LogP contribution in [0.5, 0.6) is 0 Å². The number of rotatable bonds is 4. The van der Waals surface area contributed by atoms with Gasteiger partial charge in [-0.1, -0.05) is 16.8 Å². The summed E-state index contributed by atoms with van der Waals surface area (Å²) in [5.74, 6) is -0.137. The lowest BCUT2D eigenvalue weighted by Crippen LogP contribution is -2.28. The van der Waals surface area contributed by atoms with Crippen LogP contribution >= 0.6 is 34.2 Å². The Morgan fingerprint density at radius 2 is 2.33 bits per heavy atom. The first kappa shape index (κ1) is 13.3. The fourth-order valence-corrected chi connectivity index (χ4v) is 2.16. The van der Waals surface area contributed by atoms with Crippen LogP contribution in [0.2, 0.25) is 5.02 Å². The number of benzene rings is 1. The van der Waals surface area contributed by atoms with Gasteiger partial charge in [0.25, 0.3) is 5.91 Å². The van der Waals surface area contributed by atoms with Crippen LogP contribution in [0.15, 0.2) is 30.6 Å². The Labute approximate surface area is 123 Å². The highest BCUT2D eigenvalue weighted by Crippen LogP contribution is 2.17. The molecule has 1 aromatic heterocycles. The third-order valence-corrected chi connectivity index (χ3v) is 3.45. The molecule has 0 aliphatic rings. The Balaban J connectivity index is 1.93. The van der Waals surface area contributed by atoms with Gasteiger partial charge in [0.05, 0.1) is 18.3 Å². The molecular formula is C11H10ClIN4O. The Bertz CT molecular complexity index is 544. The smallest absolute Gasteiger partial charge is 0.252 e. The summed E-state index contributed by atoms with van der Waals surface area (Å²) in [6.45, 7) is 1.08. The Hall–Kier alpha value is -1.15. The molecule has 0 saturated heterocycles. The molecule has 0 bridgehead atoms. The number of nitrogens with one attached hydrogen (secondary N) is 1. The number of hydrogen-bond donors (Lipinski definition) is 1. The highest BCUT2D eigenvalue weighted by molar-refractivity contribution is 14.1. The van der Waals surface area contributed by atoms with Crippen LogP contribution in [0.3, 0.4) is 0 Å². The average molecular weight is 377 g/mol. The summed E-state index contributed by atoms with van der Waals surface area (Å²) in [4.78, 5) is 11.9. The largest absolute Gasteiger partial charge is 0.350 e. The van der Waals surface area contributed by atoms with Gasteiger partial charge in [-0.25, -0.2) is 0 Å². The summed E-state index contributed by atoms with van der Waals surface area (Å²) < 4.78 is 2.53. The van der Waals surface area contributed by atoms with E-state index < -0.39 is 0 Å². The summed E-state index contributed by atoms with van der Waals surface area (Å²) >= 11 is 7.98. The van der Waals surface area contributed by atoms with Crippen LogP contribution in [-0.2, 0) is 6.54 Å². The molecule has 1 heterocycles. The van der Waals surface area contributed by atoms with Gasteiger partial charge in [0.1, 0.15) is 0 Å². The predicted octanol–water partition coefficient (Wildman–Crippen LogP) is 1.97. The number of amides is 1. The highest BCUT2D eigenvalue weighted by Gasteiger charge is 2.09. The molecule has 1 aromatic carbocycles. The first-order valence-electron chi connectivity index (χ1n) is 5.24. The highest BCUT2D eigenvalue weighted by atomic mass is 127. The van der Waals surface area contributed by atoms with E-state index in [-0.39, 0.29) is 5.91 Å². The Kier molecular flexibility index (Phi) is 4.54. The maximum Gasteiger partial charge on any atom is 0.252 e. The fraction of sp³-hybridized carbons (Fsp3) is 0.182. The molecule has 0 aliphatic heterocycles. The topological polar surface area (TPSA) is 59.8 Å². The van der Waals surface area contributed by atoms with E-state index in [0.29, 0.717) is 23.7 Å². The van der Waals surface area contributed by atoms with Gasteiger partial charge in [0.2, 0.25) is 0 Å². The van der Waals surface area contributed by atoms with Crippen molar-refractivity contribution in [3.8, 4) is 0 Å². The first-order chi connectivity index (χ1) is 8.66. The van der Waals surface area contributed by atoms with Crippen molar-refractivity contribution in [2.75, 3.05) is 6.54 Å². The summed E-state index contributed by atoms with van der Waals surface area (Å²) in [6, 6.07) is 5.23. The van der Waals surface area contributed by atoms with Crippen LogP contribution < -0.4 is 5.32 Å². The maximum absolute atomic E-state index is 11.9. The minimum absolute atomic E-state index is 0.137. The summed E-state index contributed by atoms with van der Waals surface area (Å²) in [6.07, 6.45) is 3.34. The average Bonchev–Trinajstić information content (AvgIpc) is 2.85. The minimum Gasteiger partial charge on any atom is -0.350 e. The van der Waals surface area contributed by atoms with Gasteiger partial charge >= 0.3 is 0 Å². The zero-order valence-corrected chi connectivity index (χ0v) is 12.2. The first-order valence-corrected chi connectivity index (χ1v) is 6.70. The second-order valence-corrected chi connectivity index (χ2v) is 5.14. The van der Waals surface area contributed by atoms with Crippen molar-refractivity contribution in [2.24, 2.45) is 0 Å². The van der Waals surface area contributed by atoms with Crippen LogP contribution in [0.1, 0.15) is 10.4 Å². The van der Waals surface area contributed by atoms with Gasteiger partial charge in [-0.2, -0.15) is 0 Å². The number of carbonyl (C=O) groups is 1. The molecule has 2 aromatic rings. The van der Waals surface area contributed by atoms with Gasteiger partial charge < -0.3 is 5.32 Å². The van der Waals surface area contributed by atoms with E-state index in [0.717, 1.165) is 3.57 Å². The molecule has 1 amide bonds. The predicted molar refractivity (Wildman–Crippen MR) is 76.5 cm³/mol. The van der Waals surface area contributed by atoms with E-state index in [4.69, 9.17) is 11.6 Å². The van der Waals surface area contributed by atoms with Crippen LogP contribution in [0, 0.1) is 3.57 Å². The molecule has 0 radical (unpaired) electrons. The van der Waals surface area contributed by atoms with E-state index in [9.17, 15) is 4.79 Å². The molecule has 18 heavy (non-hydrogen) atoms. The Morgan fingerprint density at radius 1 is 1.50 bits per heavy atom. The van der Waals surface area contributed by atoms with Crippen LogP contribution in [-0.4, -0.2) is 27.4 Å². The third-order valence-electron chi connectivity index (χ3n) is 2.27. The van der Waals surface area contributed by atoms with Crippen molar-refractivity contribution in [1.82, 2.24) is 20.3 Å². The van der Waals surface area contributed by atoms with Gasteiger partial charge in [0, 0.05) is 21.3 Å². The minimum atomic E-state index is -0.137. The van der Waals surface area contributed by atoms with E-state index >= 15 is 0 Å². The van der Waals surface area contributed by atoms with Crippen LogP contribution in [0.4, 0.5) is 0 Å². The molecule has 0 aliphatic carbocycles. The van der Waals surface area contributed by atoms with Crippen molar-refractivity contribution >= 4 is 40.1 Å². The lowest BCUT2D eigenvalue weighted by molar-refractivity contribution is 0.0951. The Morgan fingerprint density at radius 3 is 3.06 bits per heavy atom. The number of carbonyl (C=O) groups excluding carboxylic acids is 1. The van der Waals surface area contributed by atoms with E-state index in [2.05, 4.69) is 38.2 Å². The van der Waals surface area contributed by atoms with Crippen molar-refractivity contribution in [2.45, 2.75) is 6.54 Å². The number of nitrogens with zero attached hydrogens (tertiary/aromatic N) is 3. The third kappa shape index (κ3) is 3.42. The normalized spacial score (nSPS) is 10.3. The van der Waals surface area contributed by atoms with Gasteiger partial charge in [-0.15, -0.1) is 5.10 Å². The lowest BCUT2D eigenvalue weighted by Gasteiger charge is -2.07. The molecular weight excluding hydrogens is 367 g/mol. The van der Waals surface area contributed by atoms with Crippen molar-refractivity contribution in [1.29, 1.82) is 0 Å². The second-order valence-electron chi connectivity index (χ2n) is 3.55. The molecule has 94 valence electrons. The molecule has 0 fully saturated rings. The van der Waals surface area contributed by atoms with Crippen molar-refractivity contribution in [3.63, 3.8) is 0 Å². The zero-order valence-electron chi connectivity index (χ0n) is 9.31. The van der Waals surface area contributed by atoms with Gasteiger partial charge in [0.15, 0.2) is 0 Å². The molecule has 0 saturated carbocycles. The summed E-state index contributed by atoms with van der Waals surface area (Å²) in [5.41, 5.74) is 0.585. The van der Waals surface area contributed by atoms with Crippen molar-refractivity contribution < 1.29 is 4.79 Å². The number of halogens is 2. The molecule has 0 unspecified atom stereocenters. The van der Waals surface area contributed by atoms with Gasteiger partial charge in [-0.05, 0) is 40.8 Å². The lowest BCUT2D eigenvalue weighted by atomic mass is 10.2. The summed E-state index contributed by atoms with van der Waals surface area (Å²) in [5, 5.41) is 10.9. The molecule has 5 nitrogen and oxygen atoms in total. The fourth-order valence-electron chi connectivity index (χ4n) is 1.40. The maximum atomic E-state index is 11.9. The second kappa shape index (κ2) is 6.14. The summed E-state index contributed by atoms with van der Waals surface area (Å²) in [7, 11) is 0. The zero-order chi connectivity index (χ0) is 13.0. The van der Waals surface area contributed by atoms with E-state index in [1.807, 2.05) is 6.07 Å². The quantitative estimate of drug-likeness (QED) is 0.830. The van der Waals surface area contributed by atoms with E-state index in [1.54, 1.807) is 29.2 Å². The number of hydrogen-bond acceptors (Lipinski definition) is 3. The molecule has 0 atom stereocenters. The standard InChI is InChI=1S/C11H10ClIN4O/c12-8-1-2-10(13)9(7-8)11(18)14-3-5-17-6-4-15-16-17/h1-2,4,6-7H,3,5H2,(H,14,18). The van der Waals surface area contributed by atoms with Gasteiger partial charge in [-0.3, -0.25) is 9.48 Å². The molecule has 7 heteroatoms.